The van der Waals surface area contributed by atoms with Gasteiger partial charge in [-0.3, -0.25) is 9.10 Å². The summed E-state index contributed by atoms with van der Waals surface area (Å²) in [5.74, 6) is -0.856. The predicted molar refractivity (Wildman–Crippen MR) is 127 cm³/mol. The average molecular weight is 531 g/mol. The number of hydrogen-bond acceptors (Lipinski definition) is 3. The number of carbonyl (C=O) groups is 1. The predicted octanol–water partition coefficient (Wildman–Crippen LogP) is 6.46. The smallest absolute Gasteiger partial charge is 0.324 e. The lowest BCUT2D eigenvalue weighted by molar-refractivity contribution is -0.137. The monoisotopic (exact) mass is 530 g/mol. The third-order valence-corrected chi connectivity index (χ3v) is 7.23. The highest BCUT2D eigenvalue weighted by Crippen LogP contribution is 2.36. The summed E-state index contributed by atoms with van der Waals surface area (Å²) in [6.45, 7) is 2.74. The van der Waals surface area contributed by atoms with Crippen molar-refractivity contribution in [3.8, 4) is 0 Å². The van der Waals surface area contributed by atoms with Crippen LogP contribution in [0.25, 0.3) is 0 Å². The summed E-state index contributed by atoms with van der Waals surface area (Å²) < 4.78 is 67.3. The molecular weight excluding hydrogens is 512 g/mol. The van der Waals surface area contributed by atoms with Crippen LogP contribution in [0.15, 0.2) is 65.6 Å². The molecule has 1 amide bonds. The van der Waals surface area contributed by atoms with Gasteiger partial charge in [-0.1, -0.05) is 47.0 Å². The molecule has 0 bridgehead atoms. The fourth-order valence-electron chi connectivity index (χ4n) is 3.14. The van der Waals surface area contributed by atoms with Crippen molar-refractivity contribution in [2.45, 2.75) is 24.9 Å². The lowest BCUT2D eigenvalue weighted by atomic mass is 10.2. The second-order valence-electron chi connectivity index (χ2n) is 7.50. The number of rotatable bonds is 6. The van der Waals surface area contributed by atoms with Crippen LogP contribution in [0, 0.1) is 13.8 Å². The van der Waals surface area contributed by atoms with E-state index in [2.05, 4.69) is 5.32 Å². The van der Waals surface area contributed by atoms with E-state index in [-0.39, 0.29) is 21.3 Å². The minimum atomic E-state index is -4.73. The number of nitrogens with one attached hydrogen (secondary N) is 1. The Morgan fingerprint density at radius 2 is 1.62 bits per heavy atom. The summed E-state index contributed by atoms with van der Waals surface area (Å²) in [6, 6.07) is 13.5. The molecule has 0 aliphatic heterocycles. The Bertz CT molecular complexity index is 1330. The SMILES string of the molecule is Cc1ccc(S(=O)(=O)N(CC(=O)Nc2ccc(Cl)c(C(F)(F)F)c2)c2cc(Cl)ccc2C)cc1. The van der Waals surface area contributed by atoms with Crippen molar-refractivity contribution in [3.05, 3.63) is 87.4 Å². The third-order valence-electron chi connectivity index (χ3n) is 4.89. The van der Waals surface area contributed by atoms with Crippen molar-refractivity contribution in [1.82, 2.24) is 0 Å². The Morgan fingerprint density at radius 3 is 2.24 bits per heavy atom. The zero-order valence-electron chi connectivity index (χ0n) is 18.0. The first kappa shape index (κ1) is 25.9. The molecule has 0 saturated heterocycles. The Hall–Kier alpha value is -2.75. The molecule has 1 N–H and O–H groups in total. The van der Waals surface area contributed by atoms with Crippen LogP contribution in [0.3, 0.4) is 0 Å². The van der Waals surface area contributed by atoms with Gasteiger partial charge in [0.05, 0.1) is 21.2 Å². The number of aryl methyl sites for hydroxylation is 2. The molecule has 3 rings (SSSR count). The lowest BCUT2D eigenvalue weighted by Crippen LogP contribution is -2.38. The molecule has 0 aliphatic rings. The highest BCUT2D eigenvalue weighted by molar-refractivity contribution is 7.92. The van der Waals surface area contributed by atoms with E-state index < -0.39 is 39.2 Å². The normalized spacial score (nSPS) is 11.9. The second kappa shape index (κ2) is 9.85. The fourth-order valence-corrected chi connectivity index (χ4v) is 5.01. The van der Waals surface area contributed by atoms with Gasteiger partial charge in [0.1, 0.15) is 6.54 Å². The van der Waals surface area contributed by atoms with Gasteiger partial charge in [0.15, 0.2) is 0 Å². The van der Waals surface area contributed by atoms with Gasteiger partial charge in [-0.25, -0.2) is 8.42 Å². The summed E-state index contributed by atoms with van der Waals surface area (Å²) >= 11 is 11.7. The Labute approximate surface area is 205 Å². The van der Waals surface area contributed by atoms with Gasteiger partial charge in [-0.2, -0.15) is 13.2 Å². The molecule has 3 aromatic carbocycles. The highest BCUT2D eigenvalue weighted by atomic mass is 35.5. The molecule has 0 fully saturated rings. The molecule has 0 spiro atoms. The summed E-state index contributed by atoms with van der Waals surface area (Å²) in [5, 5.41) is 2.04. The number of amides is 1. The molecule has 180 valence electrons. The number of carbonyl (C=O) groups excluding carboxylic acids is 1. The van der Waals surface area contributed by atoms with Gasteiger partial charge < -0.3 is 5.32 Å². The molecule has 34 heavy (non-hydrogen) atoms. The second-order valence-corrected chi connectivity index (χ2v) is 10.2. The van der Waals surface area contributed by atoms with Crippen molar-refractivity contribution in [1.29, 1.82) is 0 Å². The summed E-state index contributed by atoms with van der Waals surface area (Å²) in [7, 11) is -4.22. The topological polar surface area (TPSA) is 66.5 Å². The van der Waals surface area contributed by atoms with E-state index in [1.165, 1.54) is 24.3 Å². The Kier molecular flexibility index (Phi) is 7.50. The molecule has 0 aromatic heterocycles. The molecule has 0 radical (unpaired) electrons. The van der Waals surface area contributed by atoms with E-state index >= 15 is 0 Å². The van der Waals surface area contributed by atoms with E-state index in [4.69, 9.17) is 23.2 Å². The van der Waals surface area contributed by atoms with Crippen LogP contribution < -0.4 is 9.62 Å². The van der Waals surface area contributed by atoms with Crippen molar-refractivity contribution in [2.75, 3.05) is 16.2 Å². The van der Waals surface area contributed by atoms with E-state index in [1.807, 2.05) is 0 Å². The van der Waals surface area contributed by atoms with Crippen molar-refractivity contribution in [2.24, 2.45) is 0 Å². The number of anilines is 2. The number of halogens is 5. The minimum absolute atomic E-state index is 0.0591. The highest BCUT2D eigenvalue weighted by Gasteiger charge is 2.34. The fraction of sp³-hybridized carbons (Fsp3) is 0.174. The zero-order chi connectivity index (χ0) is 25.3. The Morgan fingerprint density at radius 1 is 0.971 bits per heavy atom. The lowest BCUT2D eigenvalue weighted by Gasteiger charge is -2.26. The largest absolute Gasteiger partial charge is 0.417 e. The molecule has 11 heteroatoms. The molecule has 0 atom stereocenters. The maximum atomic E-state index is 13.5. The minimum Gasteiger partial charge on any atom is -0.324 e. The average Bonchev–Trinajstić information content (AvgIpc) is 2.74. The van der Waals surface area contributed by atoms with Crippen molar-refractivity contribution in [3.63, 3.8) is 0 Å². The molecule has 0 heterocycles. The van der Waals surface area contributed by atoms with E-state index in [1.54, 1.807) is 38.1 Å². The van der Waals surface area contributed by atoms with Crippen LogP contribution in [-0.2, 0) is 21.0 Å². The van der Waals surface area contributed by atoms with Gasteiger partial charge in [0, 0.05) is 10.7 Å². The number of alkyl halides is 3. The van der Waals surface area contributed by atoms with Gasteiger partial charge >= 0.3 is 6.18 Å². The Balaban J connectivity index is 1.99. The zero-order valence-corrected chi connectivity index (χ0v) is 20.3. The van der Waals surface area contributed by atoms with E-state index in [9.17, 15) is 26.4 Å². The van der Waals surface area contributed by atoms with E-state index in [0.717, 1.165) is 15.9 Å². The number of hydrogen-bond donors (Lipinski definition) is 1. The number of sulfonamides is 1. The van der Waals surface area contributed by atoms with Crippen LogP contribution in [0.4, 0.5) is 24.5 Å². The molecule has 0 aliphatic carbocycles. The molecular formula is C23H19Cl2F3N2O3S. The van der Waals surface area contributed by atoms with Gasteiger partial charge in [-0.15, -0.1) is 0 Å². The third kappa shape index (κ3) is 5.84. The van der Waals surface area contributed by atoms with Crippen molar-refractivity contribution < 1.29 is 26.4 Å². The van der Waals surface area contributed by atoms with Crippen LogP contribution in [-0.4, -0.2) is 20.9 Å². The number of benzene rings is 3. The summed E-state index contributed by atoms with van der Waals surface area (Å²) in [5.41, 5.74) is 0.221. The molecule has 5 nitrogen and oxygen atoms in total. The van der Waals surface area contributed by atoms with E-state index in [0.29, 0.717) is 11.6 Å². The first-order valence-corrected chi connectivity index (χ1v) is 12.0. The van der Waals surface area contributed by atoms with Crippen LogP contribution >= 0.6 is 23.2 Å². The summed E-state index contributed by atoms with van der Waals surface area (Å²) in [6.07, 6.45) is -4.73. The molecule has 3 aromatic rings. The van der Waals surface area contributed by atoms with Crippen LogP contribution in [0.2, 0.25) is 10.0 Å². The molecule has 0 unspecified atom stereocenters. The first-order valence-electron chi connectivity index (χ1n) is 9.81. The van der Waals surface area contributed by atoms with Gasteiger partial charge in [0.2, 0.25) is 5.91 Å². The standard InChI is InChI=1S/C23H19Cl2F3N2O3S/c1-14-3-8-18(9-4-14)34(32,33)30(21-11-16(24)6-5-15(21)2)13-22(31)29-17-7-10-20(25)19(12-17)23(26,27)28/h3-12H,13H2,1-2H3,(H,29,31). The first-order chi connectivity index (χ1) is 15.8. The quantitative estimate of drug-likeness (QED) is 0.397. The van der Waals surface area contributed by atoms with Crippen LogP contribution in [0.1, 0.15) is 16.7 Å². The van der Waals surface area contributed by atoms with Gasteiger partial charge in [-0.05, 0) is 61.9 Å². The maximum Gasteiger partial charge on any atom is 0.417 e. The van der Waals surface area contributed by atoms with Crippen molar-refractivity contribution >= 4 is 50.5 Å². The number of nitrogens with zero attached hydrogens (tertiary/aromatic N) is 1. The maximum absolute atomic E-state index is 13.5. The van der Waals surface area contributed by atoms with Crippen LogP contribution in [0.5, 0.6) is 0 Å². The molecule has 0 saturated carbocycles. The summed E-state index contributed by atoms with van der Waals surface area (Å²) in [4.78, 5) is 12.7. The van der Waals surface area contributed by atoms with Gasteiger partial charge in [0.25, 0.3) is 10.0 Å².